The van der Waals surface area contributed by atoms with Gasteiger partial charge in [-0.05, 0) is 53.0 Å². The Morgan fingerprint density at radius 2 is 1.91 bits per heavy atom. The summed E-state index contributed by atoms with van der Waals surface area (Å²) in [6.45, 7) is 0.824. The number of rotatable bonds is 6. The molecular weight excluding hydrogens is 500 g/mol. The Labute approximate surface area is 193 Å². The lowest BCUT2D eigenvalue weighted by molar-refractivity contribution is 0.0925. The Hall–Kier alpha value is -2.40. The van der Waals surface area contributed by atoms with Crippen LogP contribution in [0.3, 0.4) is 0 Å². The Balaban J connectivity index is 1.54. The molecule has 1 N–H and O–H groups in total. The van der Waals surface area contributed by atoms with Gasteiger partial charge in [-0.3, -0.25) is 4.79 Å². The first-order valence-corrected chi connectivity index (χ1v) is 12.5. The zero-order chi connectivity index (χ0) is 22.3. The molecule has 2 aromatic carbocycles. The van der Waals surface area contributed by atoms with E-state index in [2.05, 4.69) is 20.9 Å². The van der Waals surface area contributed by atoms with Crippen molar-refractivity contribution in [3.63, 3.8) is 0 Å². The molecule has 1 saturated heterocycles. The summed E-state index contributed by atoms with van der Waals surface area (Å²) in [7, 11) is -3.89. The number of ether oxygens (including phenoxy) is 3. The van der Waals surface area contributed by atoms with E-state index in [9.17, 15) is 13.2 Å². The van der Waals surface area contributed by atoms with Gasteiger partial charge in [0.1, 0.15) is 0 Å². The molecule has 0 saturated carbocycles. The molecule has 3 aromatic rings. The number of hydrogen-bond acceptors (Lipinski definition) is 6. The zero-order valence-electron chi connectivity index (χ0n) is 17.0. The summed E-state index contributed by atoms with van der Waals surface area (Å²) in [5.41, 5.74) is 0.586. The minimum atomic E-state index is -3.89. The number of aromatic nitrogens is 1. The number of sulfonamides is 1. The SMILES string of the molecule is O=c1[nH]c2cc3c(cc2cc1CN(C[C@@H]1CCCO1)S(=O)(=O)c1ccccc1Br)OCO3. The van der Waals surface area contributed by atoms with Gasteiger partial charge in [0.2, 0.25) is 16.8 Å². The highest BCUT2D eigenvalue weighted by atomic mass is 79.9. The molecule has 1 fully saturated rings. The van der Waals surface area contributed by atoms with E-state index in [4.69, 9.17) is 14.2 Å². The van der Waals surface area contributed by atoms with Crippen molar-refractivity contribution in [2.45, 2.75) is 30.4 Å². The Kier molecular flexibility index (Phi) is 5.70. The normalized spacial score (nSPS) is 18.0. The second-order valence-corrected chi connectivity index (χ2v) is 10.5. The van der Waals surface area contributed by atoms with E-state index in [0.717, 1.165) is 18.2 Å². The van der Waals surface area contributed by atoms with Crippen LogP contribution < -0.4 is 15.0 Å². The second-order valence-electron chi connectivity index (χ2n) is 7.78. The molecule has 2 aliphatic rings. The molecule has 5 rings (SSSR count). The minimum Gasteiger partial charge on any atom is -0.454 e. The maximum Gasteiger partial charge on any atom is 0.252 e. The third-order valence-electron chi connectivity index (χ3n) is 5.65. The molecule has 8 nitrogen and oxygen atoms in total. The first-order chi connectivity index (χ1) is 15.4. The number of pyridine rings is 1. The average Bonchev–Trinajstić information content (AvgIpc) is 3.44. The van der Waals surface area contributed by atoms with Gasteiger partial charge in [0.05, 0.1) is 16.5 Å². The minimum absolute atomic E-state index is 0.0801. The lowest BCUT2D eigenvalue weighted by Gasteiger charge is -2.25. The molecule has 0 unspecified atom stereocenters. The van der Waals surface area contributed by atoms with Crippen molar-refractivity contribution in [2.75, 3.05) is 19.9 Å². The van der Waals surface area contributed by atoms with Crippen molar-refractivity contribution in [2.24, 2.45) is 0 Å². The second kappa shape index (κ2) is 8.51. The van der Waals surface area contributed by atoms with E-state index in [1.165, 1.54) is 4.31 Å². The molecule has 32 heavy (non-hydrogen) atoms. The number of halogens is 1. The predicted octanol–water partition coefficient (Wildman–Crippen LogP) is 3.39. The van der Waals surface area contributed by atoms with Gasteiger partial charge < -0.3 is 19.2 Å². The molecule has 10 heteroatoms. The van der Waals surface area contributed by atoms with Gasteiger partial charge >= 0.3 is 0 Å². The predicted molar refractivity (Wildman–Crippen MR) is 121 cm³/mol. The summed E-state index contributed by atoms with van der Waals surface area (Å²) in [4.78, 5) is 15.8. The first-order valence-electron chi connectivity index (χ1n) is 10.2. The van der Waals surface area contributed by atoms with Crippen LogP contribution in [0.1, 0.15) is 18.4 Å². The van der Waals surface area contributed by atoms with E-state index in [1.807, 2.05) is 0 Å². The number of H-pyrrole nitrogens is 1. The van der Waals surface area contributed by atoms with Crippen LogP contribution >= 0.6 is 15.9 Å². The third kappa shape index (κ3) is 4.03. The number of fused-ring (bicyclic) bond motifs is 2. The maximum absolute atomic E-state index is 13.6. The van der Waals surface area contributed by atoms with Gasteiger partial charge in [0.25, 0.3) is 5.56 Å². The van der Waals surface area contributed by atoms with Crippen LogP contribution in [0.4, 0.5) is 0 Å². The fraction of sp³-hybridized carbons (Fsp3) is 0.318. The van der Waals surface area contributed by atoms with Crippen LogP contribution in [0.25, 0.3) is 10.9 Å². The quantitative estimate of drug-likeness (QED) is 0.534. The number of hydrogen-bond donors (Lipinski definition) is 1. The molecular formula is C22H21BrN2O6S. The highest BCUT2D eigenvalue weighted by Gasteiger charge is 2.31. The third-order valence-corrected chi connectivity index (χ3v) is 8.47. The standard InChI is InChI=1S/C22H21BrN2O6S/c23-17-5-1-2-6-21(17)32(27,28)25(12-16-4-3-7-29-16)11-15-8-14-9-19-20(31-13-30-19)10-18(14)24-22(15)26/h1-2,5-6,8-10,16H,3-4,7,11-13H2,(H,24,26)/t16-/m0/s1. The molecule has 1 aromatic heterocycles. The van der Waals surface area contributed by atoms with Crippen molar-refractivity contribution < 1.29 is 22.6 Å². The fourth-order valence-corrected chi connectivity index (χ4v) is 6.42. The Morgan fingerprint density at radius 3 is 2.66 bits per heavy atom. The molecule has 0 spiro atoms. The molecule has 0 amide bonds. The Morgan fingerprint density at radius 1 is 1.12 bits per heavy atom. The van der Waals surface area contributed by atoms with Gasteiger partial charge in [-0.2, -0.15) is 4.31 Å². The lowest BCUT2D eigenvalue weighted by atomic mass is 10.1. The van der Waals surface area contributed by atoms with Crippen LogP contribution in [0.5, 0.6) is 11.5 Å². The van der Waals surface area contributed by atoms with Crippen molar-refractivity contribution in [3.05, 3.63) is 62.9 Å². The average molecular weight is 521 g/mol. The summed E-state index contributed by atoms with van der Waals surface area (Å²) in [6.07, 6.45) is 1.46. The van der Waals surface area contributed by atoms with E-state index in [-0.39, 0.29) is 36.4 Å². The Bertz CT molecular complexity index is 1330. The molecule has 3 heterocycles. The lowest BCUT2D eigenvalue weighted by Crippen LogP contribution is -2.38. The van der Waals surface area contributed by atoms with Gasteiger partial charge in [0, 0.05) is 41.2 Å². The van der Waals surface area contributed by atoms with Crippen LogP contribution in [-0.2, 0) is 21.3 Å². The first kappa shape index (κ1) is 21.4. The van der Waals surface area contributed by atoms with Gasteiger partial charge in [0.15, 0.2) is 11.5 Å². The number of aromatic amines is 1. The highest BCUT2D eigenvalue weighted by Crippen LogP contribution is 2.35. The largest absolute Gasteiger partial charge is 0.454 e. The molecule has 0 bridgehead atoms. The summed E-state index contributed by atoms with van der Waals surface area (Å²) in [5.74, 6) is 1.16. The summed E-state index contributed by atoms with van der Waals surface area (Å²) < 4.78 is 45.4. The van der Waals surface area contributed by atoms with Gasteiger partial charge in [-0.25, -0.2) is 8.42 Å². The van der Waals surface area contributed by atoms with Crippen LogP contribution in [0.2, 0.25) is 0 Å². The topological polar surface area (TPSA) is 97.9 Å². The van der Waals surface area contributed by atoms with Crippen LogP contribution in [0, 0.1) is 0 Å². The molecule has 0 radical (unpaired) electrons. The monoisotopic (exact) mass is 520 g/mol. The van der Waals surface area contributed by atoms with Crippen LogP contribution in [-0.4, -0.2) is 43.8 Å². The van der Waals surface area contributed by atoms with Gasteiger partial charge in [-0.1, -0.05) is 12.1 Å². The summed E-state index contributed by atoms with van der Waals surface area (Å²) in [6, 6.07) is 11.9. The zero-order valence-corrected chi connectivity index (χ0v) is 19.4. The van der Waals surface area contributed by atoms with E-state index in [0.29, 0.717) is 33.7 Å². The highest BCUT2D eigenvalue weighted by molar-refractivity contribution is 9.10. The number of nitrogens with zero attached hydrogens (tertiary/aromatic N) is 1. The molecule has 2 aliphatic heterocycles. The summed E-state index contributed by atoms with van der Waals surface area (Å²) in [5, 5.41) is 0.735. The van der Waals surface area contributed by atoms with Crippen molar-refractivity contribution in [1.82, 2.24) is 9.29 Å². The molecule has 0 aliphatic carbocycles. The maximum atomic E-state index is 13.6. The number of nitrogens with one attached hydrogen (secondary N) is 1. The fourth-order valence-electron chi connectivity index (χ4n) is 4.00. The van der Waals surface area contributed by atoms with Crippen molar-refractivity contribution >= 4 is 36.9 Å². The number of benzene rings is 2. The van der Waals surface area contributed by atoms with E-state index < -0.39 is 10.0 Å². The molecule has 1 atom stereocenters. The van der Waals surface area contributed by atoms with Crippen molar-refractivity contribution in [1.29, 1.82) is 0 Å². The van der Waals surface area contributed by atoms with E-state index >= 15 is 0 Å². The van der Waals surface area contributed by atoms with Crippen LogP contribution in [0.15, 0.2) is 56.6 Å². The van der Waals surface area contributed by atoms with Gasteiger partial charge in [-0.15, -0.1) is 0 Å². The van der Waals surface area contributed by atoms with Crippen molar-refractivity contribution in [3.8, 4) is 11.5 Å². The smallest absolute Gasteiger partial charge is 0.252 e. The molecule has 168 valence electrons. The van der Waals surface area contributed by atoms with E-state index in [1.54, 1.807) is 42.5 Å². The summed E-state index contributed by atoms with van der Waals surface area (Å²) >= 11 is 3.34.